The van der Waals surface area contributed by atoms with Crippen LogP contribution >= 0.6 is 0 Å². The molecule has 1 aliphatic carbocycles. The molecule has 1 amide bonds. The van der Waals surface area contributed by atoms with Gasteiger partial charge in [-0.2, -0.15) is 0 Å². The van der Waals surface area contributed by atoms with Gasteiger partial charge < -0.3 is 15.6 Å². The summed E-state index contributed by atoms with van der Waals surface area (Å²) in [5.74, 6) is 0.549. The van der Waals surface area contributed by atoms with Crippen LogP contribution in [0.4, 0.5) is 0 Å². The van der Waals surface area contributed by atoms with Gasteiger partial charge in [-0.25, -0.2) is 0 Å². The second kappa shape index (κ2) is 6.14. The van der Waals surface area contributed by atoms with E-state index in [-0.39, 0.29) is 11.9 Å². The topological polar surface area (TPSA) is 60.0 Å². The van der Waals surface area contributed by atoms with Crippen molar-refractivity contribution in [1.82, 2.24) is 9.88 Å². The molecule has 1 aromatic carbocycles. The molecule has 3 rings (SSSR count). The molecular formula is C17H21N3O. The van der Waals surface area contributed by atoms with Crippen LogP contribution in [-0.2, 0) is 6.54 Å². The monoisotopic (exact) mass is 283 g/mol. The van der Waals surface area contributed by atoms with Crippen LogP contribution in [0.2, 0.25) is 0 Å². The van der Waals surface area contributed by atoms with Gasteiger partial charge in [0.25, 0.3) is 5.91 Å². The molecule has 0 bridgehead atoms. The second-order valence-corrected chi connectivity index (χ2v) is 5.72. The van der Waals surface area contributed by atoms with Crippen molar-refractivity contribution >= 4 is 5.91 Å². The molecule has 0 aliphatic heterocycles. The Kier molecular flexibility index (Phi) is 4.06. The standard InChI is InChI=1S/C17H21N3O/c18-15(14-8-9-14)11-19-17(21)16-7-4-10-20(16)12-13-5-2-1-3-6-13/h1-7,10,14-15H,8-9,11-12,18H2,(H,19,21). The van der Waals surface area contributed by atoms with Gasteiger partial charge in [-0.05, 0) is 36.5 Å². The summed E-state index contributed by atoms with van der Waals surface area (Å²) in [5.41, 5.74) is 7.88. The van der Waals surface area contributed by atoms with Crippen LogP contribution in [0.25, 0.3) is 0 Å². The third-order valence-corrected chi connectivity index (χ3v) is 3.98. The zero-order chi connectivity index (χ0) is 14.7. The molecule has 0 spiro atoms. The van der Waals surface area contributed by atoms with E-state index in [4.69, 9.17) is 5.73 Å². The first-order chi connectivity index (χ1) is 10.2. The largest absolute Gasteiger partial charge is 0.349 e. The highest BCUT2D eigenvalue weighted by molar-refractivity contribution is 5.92. The Morgan fingerprint density at radius 1 is 1.24 bits per heavy atom. The molecule has 1 atom stereocenters. The number of hydrogen-bond donors (Lipinski definition) is 2. The van der Waals surface area contributed by atoms with Crippen molar-refractivity contribution in [3.05, 3.63) is 59.9 Å². The molecule has 0 radical (unpaired) electrons. The summed E-state index contributed by atoms with van der Waals surface area (Å²) in [7, 11) is 0. The number of nitrogens with one attached hydrogen (secondary N) is 1. The Morgan fingerprint density at radius 2 is 2.00 bits per heavy atom. The van der Waals surface area contributed by atoms with Gasteiger partial charge in [-0.15, -0.1) is 0 Å². The minimum absolute atomic E-state index is 0.0490. The summed E-state index contributed by atoms with van der Waals surface area (Å²) in [6.45, 7) is 1.26. The first-order valence-electron chi connectivity index (χ1n) is 7.47. The van der Waals surface area contributed by atoms with Gasteiger partial charge in [0.2, 0.25) is 0 Å². The molecule has 1 heterocycles. The predicted octanol–water partition coefficient (Wildman–Crippen LogP) is 2.00. The van der Waals surface area contributed by atoms with Crippen LogP contribution < -0.4 is 11.1 Å². The van der Waals surface area contributed by atoms with Crippen LogP contribution in [-0.4, -0.2) is 23.1 Å². The van der Waals surface area contributed by atoms with Crippen molar-refractivity contribution in [3.8, 4) is 0 Å². The highest BCUT2D eigenvalue weighted by Gasteiger charge is 2.28. The Hall–Kier alpha value is -2.07. The minimum atomic E-state index is -0.0490. The Labute approximate surface area is 125 Å². The average Bonchev–Trinajstić information content (AvgIpc) is 3.26. The van der Waals surface area contributed by atoms with Crippen molar-refractivity contribution in [2.75, 3.05) is 6.54 Å². The number of rotatable bonds is 6. The summed E-state index contributed by atoms with van der Waals surface area (Å²) in [6, 6.07) is 14.0. The number of nitrogens with two attached hydrogens (primary N) is 1. The molecular weight excluding hydrogens is 262 g/mol. The maximum absolute atomic E-state index is 12.3. The first-order valence-corrected chi connectivity index (χ1v) is 7.47. The van der Waals surface area contributed by atoms with Crippen molar-refractivity contribution < 1.29 is 4.79 Å². The fourth-order valence-corrected chi connectivity index (χ4v) is 2.53. The molecule has 1 aliphatic rings. The number of amides is 1. The summed E-state index contributed by atoms with van der Waals surface area (Å²) in [4.78, 5) is 12.3. The van der Waals surface area contributed by atoms with Crippen LogP contribution in [0.15, 0.2) is 48.7 Å². The van der Waals surface area contributed by atoms with Crippen LogP contribution in [0, 0.1) is 5.92 Å². The van der Waals surface area contributed by atoms with E-state index in [1.165, 1.54) is 18.4 Å². The molecule has 0 saturated heterocycles. The van der Waals surface area contributed by atoms with Gasteiger partial charge >= 0.3 is 0 Å². The predicted molar refractivity (Wildman–Crippen MR) is 83.0 cm³/mol. The van der Waals surface area contributed by atoms with Crippen LogP contribution in [0.1, 0.15) is 28.9 Å². The van der Waals surface area contributed by atoms with E-state index in [0.29, 0.717) is 24.7 Å². The zero-order valence-corrected chi connectivity index (χ0v) is 12.0. The molecule has 3 N–H and O–H groups in total. The Bertz CT molecular complexity index is 602. The number of carbonyl (C=O) groups excluding carboxylic acids is 1. The molecule has 21 heavy (non-hydrogen) atoms. The lowest BCUT2D eigenvalue weighted by Crippen LogP contribution is -2.39. The molecule has 1 fully saturated rings. The summed E-state index contributed by atoms with van der Waals surface area (Å²) in [5, 5.41) is 2.95. The van der Waals surface area contributed by atoms with Crippen LogP contribution in [0.3, 0.4) is 0 Å². The van der Waals surface area contributed by atoms with Crippen LogP contribution in [0.5, 0.6) is 0 Å². The van der Waals surface area contributed by atoms with E-state index in [9.17, 15) is 4.79 Å². The van der Waals surface area contributed by atoms with Gasteiger partial charge in [-0.3, -0.25) is 4.79 Å². The first kappa shape index (κ1) is 13.9. The SMILES string of the molecule is NC(CNC(=O)c1cccn1Cc1ccccc1)C1CC1. The summed E-state index contributed by atoms with van der Waals surface area (Å²) < 4.78 is 1.97. The second-order valence-electron chi connectivity index (χ2n) is 5.72. The van der Waals surface area contributed by atoms with E-state index in [1.54, 1.807) is 0 Å². The average molecular weight is 283 g/mol. The van der Waals surface area contributed by atoms with E-state index < -0.39 is 0 Å². The summed E-state index contributed by atoms with van der Waals surface area (Å²) in [6.07, 6.45) is 4.32. The smallest absolute Gasteiger partial charge is 0.267 e. The highest BCUT2D eigenvalue weighted by Crippen LogP contribution is 2.31. The lowest BCUT2D eigenvalue weighted by atomic mass is 10.2. The molecule has 4 nitrogen and oxygen atoms in total. The maximum Gasteiger partial charge on any atom is 0.267 e. The molecule has 110 valence electrons. The van der Waals surface area contributed by atoms with Crippen molar-refractivity contribution in [3.63, 3.8) is 0 Å². The Balaban J connectivity index is 1.62. The lowest BCUT2D eigenvalue weighted by Gasteiger charge is -2.13. The number of benzene rings is 1. The zero-order valence-electron chi connectivity index (χ0n) is 12.0. The van der Waals surface area contributed by atoms with Gasteiger partial charge in [0.15, 0.2) is 0 Å². The minimum Gasteiger partial charge on any atom is -0.349 e. The molecule has 1 aromatic heterocycles. The molecule has 1 saturated carbocycles. The molecule has 2 aromatic rings. The number of nitrogens with zero attached hydrogens (tertiary/aromatic N) is 1. The third-order valence-electron chi connectivity index (χ3n) is 3.98. The van der Waals surface area contributed by atoms with Crippen molar-refractivity contribution in [1.29, 1.82) is 0 Å². The Morgan fingerprint density at radius 3 is 2.71 bits per heavy atom. The molecule has 1 unspecified atom stereocenters. The fourth-order valence-electron chi connectivity index (χ4n) is 2.53. The lowest BCUT2D eigenvalue weighted by molar-refractivity contribution is 0.0941. The van der Waals surface area contributed by atoms with Gasteiger partial charge in [-0.1, -0.05) is 30.3 Å². The number of hydrogen-bond acceptors (Lipinski definition) is 2. The quantitative estimate of drug-likeness (QED) is 0.852. The van der Waals surface area contributed by atoms with Crippen molar-refractivity contribution in [2.45, 2.75) is 25.4 Å². The van der Waals surface area contributed by atoms with Gasteiger partial charge in [0.05, 0.1) is 0 Å². The normalized spacial score (nSPS) is 15.7. The maximum atomic E-state index is 12.3. The van der Waals surface area contributed by atoms with E-state index in [1.807, 2.05) is 41.1 Å². The van der Waals surface area contributed by atoms with Gasteiger partial charge in [0.1, 0.15) is 5.69 Å². The molecule has 4 heteroatoms. The third kappa shape index (κ3) is 3.52. The highest BCUT2D eigenvalue weighted by atomic mass is 16.1. The van der Waals surface area contributed by atoms with E-state index in [0.717, 1.165) is 0 Å². The van der Waals surface area contributed by atoms with E-state index >= 15 is 0 Å². The number of carbonyl (C=O) groups is 1. The number of aromatic nitrogens is 1. The van der Waals surface area contributed by atoms with Crippen molar-refractivity contribution in [2.24, 2.45) is 11.7 Å². The van der Waals surface area contributed by atoms with Gasteiger partial charge in [0, 0.05) is 25.3 Å². The fraction of sp³-hybridized carbons (Fsp3) is 0.353. The summed E-state index contributed by atoms with van der Waals surface area (Å²) >= 11 is 0. The van der Waals surface area contributed by atoms with E-state index in [2.05, 4.69) is 17.4 Å².